The molecule has 2 aromatic carbocycles. The largest absolute Gasteiger partial charge is 0.341 e. The molecule has 4 heteroatoms. The zero-order valence-electron chi connectivity index (χ0n) is 14.7. The molecule has 0 bridgehead atoms. The van der Waals surface area contributed by atoms with E-state index in [0.29, 0.717) is 6.42 Å². The summed E-state index contributed by atoms with van der Waals surface area (Å²) < 4.78 is 2.31. The van der Waals surface area contributed by atoms with E-state index in [0.717, 1.165) is 24.2 Å². The van der Waals surface area contributed by atoms with Crippen LogP contribution in [0.3, 0.4) is 0 Å². The first kappa shape index (κ1) is 17.0. The van der Waals surface area contributed by atoms with E-state index in [9.17, 15) is 4.79 Å². The molecule has 128 valence electrons. The summed E-state index contributed by atoms with van der Waals surface area (Å²) in [6, 6.07) is 14.7. The van der Waals surface area contributed by atoms with Crippen LogP contribution < -0.4 is 0 Å². The fraction of sp³-hybridized carbons (Fsp3) is 0.238. The van der Waals surface area contributed by atoms with E-state index in [4.69, 9.17) is 4.84 Å². The van der Waals surface area contributed by atoms with Crippen LogP contribution >= 0.6 is 0 Å². The van der Waals surface area contributed by atoms with Crippen molar-refractivity contribution in [2.45, 2.75) is 33.2 Å². The third kappa shape index (κ3) is 3.33. The summed E-state index contributed by atoms with van der Waals surface area (Å²) in [6.45, 7) is 8.18. The van der Waals surface area contributed by atoms with Gasteiger partial charge in [-0.2, -0.15) is 0 Å². The normalized spacial score (nSPS) is 11.8. The predicted octanol–water partition coefficient (Wildman–Crippen LogP) is 5.05. The number of oxime groups is 1. The first-order valence-electron chi connectivity index (χ1n) is 8.52. The highest BCUT2D eigenvalue weighted by Crippen LogP contribution is 2.30. The smallest absolute Gasteiger partial charge is 0.331 e. The first-order chi connectivity index (χ1) is 12.2. The van der Waals surface area contributed by atoms with E-state index in [1.165, 1.54) is 28.7 Å². The van der Waals surface area contributed by atoms with Gasteiger partial charge in [0.15, 0.2) is 0 Å². The van der Waals surface area contributed by atoms with Crippen molar-refractivity contribution in [1.29, 1.82) is 0 Å². The van der Waals surface area contributed by atoms with Crippen molar-refractivity contribution in [2.24, 2.45) is 5.16 Å². The van der Waals surface area contributed by atoms with Gasteiger partial charge in [-0.1, -0.05) is 35.5 Å². The molecule has 0 radical (unpaired) electrons. The SMILES string of the molecule is C=CCCC(=NOC(C)=O)c1ccc2c(c1)c1ccccc1n2CC. The van der Waals surface area contributed by atoms with Gasteiger partial charge in [-0.05, 0) is 38.0 Å². The second-order valence-corrected chi connectivity index (χ2v) is 5.94. The monoisotopic (exact) mass is 334 g/mol. The van der Waals surface area contributed by atoms with Crippen molar-refractivity contribution in [2.75, 3.05) is 0 Å². The molecule has 0 saturated heterocycles. The maximum absolute atomic E-state index is 11.1. The summed E-state index contributed by atoms with van der Waals surface area (Å²) >= 11 is 0. The van der Waals surface area contributed by atoms with E-state index in [1.807, 2.05) is 12.1 Å². The lowest BCUT2D eigenvalue weighted by atomic mass is 10.0. The Morgan fingerprint density at radius 3 is 2.68 bits per heavy atom. The molecule has 0 spiro atoms. The van der Waals surface area contributed by atoms with Crippen LogP contribution in [0.1, 0.15) is 32.3 Å². The summed E-state index contributed by atoms with van der Waals surface area (Å²) in [4.78, 5) is 16.0. The first-order valence-corrected chi connectivity index (χ1v) is 8.52. The maximum atomic E-state index is 11.1. The Morgan fingerprint density at radius 1 is 1.20 bits per heavy atom. The van der Waals surface area contributed by atoms with Crippen LogP contribution in [0.25, 0.3) is 21.8 Å². The molecule has 0 aliphatic rings. The Hall–Kier alpha value is -2.88. The topological polar surface area (TPSA) is 43.6 Å². The number of fused-ring (bicyclic) bond motifs is 3. The fourth-order valence-corrected chi connectivity index (χ4v) is 3.17. The molecular weight excluding hydrogens is 312 g/mol. The molecule has 3 aromatic rings. The average molecular weight is 334 g/mol. The number of aromatic nitrogens is 1. The Labute approximate surface area is 147 Å². The van der Waals surface area contributed by atoms with Gasteiger partial charge in [0.2, 0.25) is 0 Å². The highest BCUT2D eigenvalue weighted by Gasteiger charge is 2.12. The average Bonchev–Trinajstić information content (AvgIpc) is 2.94. The Balaban J connectivity index is 2.15. The summed E-state index contributed by atoms with van der Waals surface area (Å²) in [5, 5.41) is 6.46. The standard InChI is InChI=1S/C21H22N2O2/c1-4-6-10-19(22-25-15(3)24)16-12-13-21-18(14-16)17-9-7-8-11-20(17)23(21)5-2/h4,7-9,11-14H,1,5-6,10H2,2-3H3. The van der Waals surface area contributed by atoms with Gasteiger partial charge in [-0.15, -0.1) is 6.58 Å². The van der Waals surface area contributed by atoms with E-state index in [2.05, 4.69) is 59.6 Å². The Kier molecular flexibility index (Phi) is 4.98. The lowest BCUT2D eigenvalue weighted by molar-refractivity contribution is -0.140. The van der Waals surface area contributed by atoms with Crippen molar-refractivity contribution >= 4 is 33.5 Å². The number of hydrogen-bond donors (Lipinski definition) is 0. The van der Waals surface area contributed by atoms with Crippen LogP contribution in [0.5, 0.6) is 0 Å². The number of rotatable bonds is 6. The second kappa shape index (κ2) is 7.34. The van der Waals surface area contributed by atoms with Gasteiger partial charge in [-0.25, -0.2) is 4.79 Å². The van der Waals surface area contributed by atoms with Crippen molar-refractivity contribution in [1.82, 2.24) is 4.57 Å². The molecule has 0 fully saturated rings. The van der Waals surface area contributed by atoms with Crippen LogP contribution in [-0.4, -0.2) is 16.2 Å². The fourth-order valence-electron chi connectivity index (χ4n) is 3.17. The zero-order chi connectivity index (χ0) is 17.8. The highest BCUT2D eigenvalue weighted by molar-refractivity contribution is 6.11. The predicted molar refractivity (Wildman–Crippen MR) is 103 cm³/mol. The highest BCUT2D eigenvalue weighted by atomic mass is 16.7. The minimum absolute atomic E-state index is 0.417. The van der Waals surface area contributed by atoms with Crippen LogP contribution in [0.2, 0.25) is 0 Å². The molecule has 0 saturated carbocycles. The number of benzene rings is 2. The van der Waals surface area contributed by atoms with Gasteiger partial charge in [-0.3, -0.25) is 0 Å². The third-order valence-electron chi connectivity index (χ3n) is 4.29. The number of aryl methyl sites for hydroxylation is 1. The van der Waals surface area contributed by atoms with E-state index in [1.54, 1.807) is 0 Å². The molecule has 25 heavy (non-hydrogen) atoms. The van der Waals surface area contributed by atoms with Crippen LogP contribution in [-0.2, 0) is 16.2 Å². The van der Waals surface area contributed by atoms with Gasteiger partial charge in [0.05, 0.1) is 5.71 Å². The molecule has 0 amide bonds. The lowest BCUT2D eigenvalue weighted by Crippen LogP contribution is -2.04. The quantitative estimate of drug-likeness (QED) is 0.274. The zero-order valence-corrected chi connectivity index (χ0v) is 14.7. The lowest BCUT2D eigenvalue weighted by Gasteiger charge is -2.07. The Morgan fingerprint density at radius 2 is 1.96 bits per heavy atom. The number of hydrogen-bond acceptors (Lipinski definition) is 3. The van der Waals surface area contributed by atoms with E-state index >= 15 is 0 Å². The van der Waals surface area contributed by atoms with Gasteiger partial charge >= 0.3 is 5.97 Å². The number of carbonyl (C=O) groups is 1. The summed E-state index contributed by atoms with van der Waals surface area (Å²) in [5.41, 5.74) is 4.14. The molecule has 0 atom stereocenters. The minimum Gasteiger partial charge on any atom is -0.341 e. The molecule has 4 nitrogen and oxygen atoms in total. The number of nitrogens with zero attached hydrogens (tertiary/aromatic N) is 2. The third-order valence-corrected chi connectivity index (χ3v) is 4.29. The minimum atomic E-state index is -0.417. The summed E-state index contributed by atoms with van der Waals surface area (Å²) in [5.74, 6) is -0.417. The second-order valence-electron chi connectivity index (χ2n) is 5.94. The molecule has 0 aliphatic heterocycles. The Bertz CT molecular complexity index is 967. The summed E-state index contributed by atoms with van der Waals surface area (Å²) in [7, 11) is 0. The molecule has 1 aromatic heterocycles. The molecule has 0 N–H and O–H groups in total. The number of allylic oxidation sites excluding steroid dienone is 1. The maximum Gasteiger partial charge on any atom is 0.331 e. The van der Waals surface area contributed by atoms with Crippen LogP contribution in [0.15, 0.2) is 60.3 Å². The molecule has 1 heterocycles. The summed E-state index contributed by atoms with van der Waals surface area (Å²) in [6.07, 6.45) is 3.29. The van der Waals surface area contributed by atoms with Crippen molar-refractivity contribution in [3.8, 4) is 0 Å². The van der Waals surface area contributed by atoms with Gasteiger partial charge in [0.1, 0.15) is 0 Å². The molecular formula is C21H22N2O2. The van der Waals surface area contributed by atoms with Gasteiger partial charge < -0.3 is 9.40 Å². The molecule has 0 aliphatic carbocycles. The van der Waals surface area contributed by atoms with Gasteiger partial charge in [0, 0.05) is 40.8 Å². The number of para-hydroxylation sites is 1. The molecule has 3 rings (SSSR count). The van der Waals surface area contributed by atoms with Crippen molar-refractivity contribution in [3.63, 3.8) is 0 Å². The van der Waals surface area contributed by atoms with E-state index in [-0.39, 0.29) is 0 Å². The van der Waals surface area contributed by atoms with Crippen molar-refractivity contribution in [3.05, 3.63) is 60.7 Å². The van der Waals surface area contributed by atoms with Crippen LogP contribution in [0, 0.1) is 0 Å². The van der Waals surface area contributed by atoms with E-state index < -0.39 is 5.97 Å². The molecule has 0 unspecified atom stereocenters. The van der Waals surface area contributed by atoms with Crippen LogP contribution in [0.4, 0.5) is 0 Å². The van der Waals surface area contributed by atoms with Gasteiger partial charge in [0.25, 0.3) is 0 Å². The number of carbonyl (C=O) groups excluding carboxylic acids is 1. The van der Waals surface area contributed by atoms with Crippen molar-refractivity contribution < 1.29 is 9.63 Å².